The van der Waals surface area contributed by atoms with Gasteiger partial charge in [-0.3, -0.25) is 0 Å². The number of alkyl halides is 3. The molecule has 0 spiro atoms. The van der Waals surface area contributed by atoms with Crippen molar-refractivity contribution in [2.45, 2.75) is 25.1 Å². The van der Waals surface area contributed by atoms with Gasteiger partial charge >= 0.3 is 6.18 Å². The maximum absolute atomic E-state index is 13.8. The average Bonchev–Trinajstić information content (AvgIpc) is 2.55. The van der Waals surface area contributed by atoms with Crippen LogP contribution in [0.15, 0.2) is 48.5 Å². The Bertz CT molecular complexity index is 749. The van der Waals surface area contributed by atoms with Gasteiger partial charge in [0, 0.05) is 10.6 Å². The van der Waals surface area contributed by atoms with E-state index in [1.165, 1.54) is 0 Å². The summed E-state index contributed by atoms with van der Waals surface area (Å²) in [6.45, 7) is 1.72. The zero-order valence-electron chi connectivity index (χ0n) is 12.9. The molecule has 0 saturated heterocycles. The molecule has 2 aromatic rings. The van der Waals surface area contributed by atoms with Crippen molar-refractivity contribution in [1.29, 1.82) is 0 Å². The van der Waals surface area contributed by atoms with Crippen LogP contribution in [-0.4, -0.2) is 0 Å². The van der Waals surface area contributed by atoms with Crippen LogP contribution in [0.4, 0.5) is 13.2 Å². The fraction of sp³-hybridized carbons (Fsp3) is 0.263. The first-order valence-electron chi connectivity index (χ1n) is 7.34. The molecule has 1 radical (unpaired) electrons. The minimum absolute atomic E-state index is 0.0319. The molecule has 5 heteroatoms. The van der Waals surface area contributed by atoms with Crippen molar-refractivity contribution < 1.29 is 18.3 Å². The molecular formula is C19H15ClF3O. The lowest BCUT2D eigenvalue weighted by molar-refractivity contribution is -0.137. The van der Waals surface area contributed by atoms with Gasteiger partial charge in [-0.15, -0.1) is 6.42 Å². The lowest BCUT2D eigenvalue weighted by atomic mass is 9.75. The molecule has 0 aliphatic carbocycles. The van der Waals surface area contributed by atoms with Crippen molar-refractivity contribution in [3.8, 4) is 12.3 Å². The first-order chi connectivity index (χ1) is 11.2. The van der Waals surface area contributed by atoms with Crippen molar-refractivity contribution >= 4 is 11.6 Å². The van der Waals surface area contributed by atoms with Crippen LogP contribution in [0, 0.1) is 18.3 Å². The first kappa shape index (κ1) is 18.4. The molecule has 0 fully saturated rings. The molecule has 0 N–H and O–H groups in total. The molecule has 0 aliphatic rings. The minimum Gasteiger partial charge on any atom is -0.218 e. The highest BCUT2D eigenvalue weighted by molar-refractivity contribution is 6.31. The molecule has 0 aromatic heterocycles. The Hall–Kier alpha value is -1.96. The van der Waals surface area contributed by atoms with Crippen molar-refractivity contribution in [3.05, 3.63) is 70.2 Å². The average molecular weight is 352 g/mol. The third kappa shape index (κ3) is 3.28. The monoisotopic (exact) mass is 351 g/mol. The van der Waals surface area contributed by atoms with Crippen LogP contribution in [0.2, 0.25) is 5.02 Å². The smallest absolute Gasteiger partial charge is 0.218 e. The molecule has 0 amide bonds. The molecule has 2 unspecified atom stereocenters. The van der Waals surface area contributed by atoms with Gasteiger partial charge < -0.3 is 0 Å². The van der Waals surface area contributed by atoms with E-state index in [9.17, 15) is 18.3 Å². The van der Waals surface area contributed by atoms with E-state index < -0.39 is 23.3 Å². The topological polar surface area (TPSA) is 19.9 Å². The standard InChI is InChI=1S/C19H15ClF3O/c1-3-13(4-2)18(24,14-8-6-5-7-9-14)16-12-15(19(21,22)23)10-11-17(16)20/h1,5-13H,4H2,2H3. The summed E-state index contributed by atoms with van der Waals surface area (Å²) < 4.78 is 39.2. The van der Waals surface area contributed by atoms with Crippen LogP contribution in [0.5, 0.6) is 0 Å². The number of rotatable bonds is 4. The predicted octanol–water partition coefficient (Wildman–Crippen LogP) is 5.69. The third-order valence-corrected chi connectivity index (χ3v) is 4.33. The van der Waals surface area contributed by atoms with Crippen LogP contribution in [-0.2, 0) is 16.9 Å². The van der Waals surface area contributed by atoms with Gasteiger partial charge in [0.1, 0.15) is 0 Å². The van der Waals surface area contributed by atoms with E-state index >= 15 is 0 Å². The fourth-order valence-electron chi connectivity index (χ4n) is 2.74. The molecule has 0 heterocycles. The molecule has 1 nitrogen and oxygen atoms in total. The summed E-state index contributed by atoms with van der Waals surface area (Å²) in [7, 11) is 0. The van der Waals surface area contributed by atoms with E-state index in [2.05, 4.69) is 5.92 Å². The zero-order chi connectivity index (χ0) is 18.0. The number of hydrogen-bond acceptors (Lipinski definition) is 0. The number of terminal acetylenes is 1. The van der Waals surface area contributed by atoms with Gasteiger partial charge in [-0.1, -0.05) is 54.8 Å². The maximum atomic E-state index is 13.8. The predicted molar refractivity (Wildman–Crippen MR) is 87.0 cm³/mol. The molecule has 0 bridgehead atoms. The molecule has 2 aromatic carbocycles. The highest BCUT2D eigenvalue weighted by atomic mass is 35.5. The van der Waals surface area contributed by atoms with Crippen molar-refractivity contribution in [3.63, 3.8) is 0 Å². The lowest BCUT2D eigenvalue weighted by Crippen LogP contribution is -2.35. The van der Waals surface area contributed by atoms with Gasteiger partial charge in [-0.25, -0.2) is 5.11 Å². The molecular weight excluding hydrogens is 337 g/mol. The van der Waals surface area contributed by atoms with E-state index in [4.69, 9.17) is 18.0 Å². The van der Waals surface area contributed by atoms with Crippen LogP contribution in [0.3, 0.4) is 0 Å². The van der Waals surface area contributed by atoms with Gasteiger partial charge in [0.15, 0.2) is 5.60 Å². The Kier molecular flexibility index (Phi) is 5.27. The Morgan fingerprint density at radius 1 is 1.12 bits per heavy atom. The SMILES string of the molecule is C#CC(CC)C([O])(c1ccccc1)c1cc(C(F)(F)F)ccc1Cl. The second-order valence-electron chi connectivity index (χ2n) is 5.42. The van der Waals surface area contributed by atoms with Crippen LogP contribution >= 0.6 is 11.6 Å². The summed E-state index contributed by atoms with van der Waals surface area (Å²) in [5.74, 6) is 1.58. The molecule has 0 saturated carbocycles. The molecule has 2 rings (SSSR count). The van der Waals surface area contributed by atoms with Crippen molar-refractivity contribution in [2.24, 2.45) is 5.92 Å². The van der Waals surface area contributed by atoms with Gasteiger partial charge in [-0.2, -0.15) is 13.2 Å². The van der Waals surface area contributed by atoms with E-state index in [1.807, 2.05) is 0 Å². The van der Waals surface area contributed by atoms with Gasteiger partial charge in [0.2, 0.25) is 0 Å². The summed E-state index contributed by atoms with van der Waals surface area (Å²) in [5, 5.41) is 13.7. The van der Waals surface area contributed by atoms with Gasteiger partial charge in [-0.05, 0) is 30.2 Å². The summed E-state index contributed by atoms with van der Waals surface area (Å²) in [6.07, 6.45) is 1.24. The van der Waals surface area contributed by atoms with E-state index in [0.717, 1.165) is 18.2 Å². The van der Waals surface area contributed by atoms with E-state index in [1.54, 1.807) is 37.3 Å². The molecule has 2 atom stereocenters. The van der Waals surface area contributed by atoms with E-state index in [-0.39, 0.29) is 16.1 Å². The van der Waals surface area contributed by atoms with Gasteiger partial charge in [0.05, 0.1) is 11.5 Å². The number of hydrogen-bond donors (Lipinski definition) is 0. The summed E-state index contributed by atoms with van der Waals surface area (Å²) >= 11 is 6.10. The Morgan fingerprint density at radius 2 is 1.75 bits per heavy atom. The number of halogens is 4. The summed E-state index contributed by atoms with van der Waals surface area (Å²) in [4.78, 5) is 0. The van der Waals surface area contributed by atoms with Crippen LogP contribution in [0.1, 0.15) is 30.0 Å². The quantitative estimate of drug-likeness (QED) is 0.630. The van der Waals surface area contributed by atoms with Crippen molar-refractivity contribution in [2.75, 3.05) is 0 Å². The maximum Gasteiger partial charge on any atom is 0.416 e. The first-order valence-corrected chi connectivity index (χ1v) is 7.72. The second-order valence-corrected chi connectivity index (χ2v) is 5.83. The lowest BCUT2D eigenvalue weighted by Gasteiger charge is -2.32. The molecule has 0 aliphatic heterocycles. The zero-order valence-corrected chi connectivity index (χ0v) is 13.7. The highest BCUT2D eigenvalue weighted by Gasteiger charge is 2.43. The fourth-order valence-corrected chi connectivity index (χ4v) is 3.00. The Morgan fingerprint density at radius 3 is 2.25 bits per heavy atom. The number of benzene rings is 2. The summed E-state index contributed by atoms with van der Waals surface area (Å²) in [5.41, 5.74) is -2.86. The second kappa shape index (κ2) is 6.88. The Labute approximate surface area is 144 Å². The van der Waals surface area contributed by atoms with Crippen LogP contribution < -0.4 is 0 Å². The highest BCUT2D eigenvalue weighted by Crippen LogP contribution is 2.44. The van der Waals surface area contributed by atoms with Gasteiger partial charge in [0.25, 0.3) is 0 Å². The Balaban J connectivity index is 2.76. The molecule has 24 heavy (non-hydrogen) atoms. The summed E-state index contributed by atoms with van der Waals surface area (Å²) in [6, 6.07) is 10.9. The van der Waals surface area contributed by atoms with Crippen LogP contribution in [0.25, 0.3) is 0 Å². The van der Waals surface area contributed by atoms with E-state index in [0.29, 0.717) is 6.42 Å². The largest absolute Gasteiger partial charge is 0.416 e. The molecule has 125 valence electrons. The third-order valence-electron chi connectivity index (χ3n) is 4.00. The normalized spacial score (nSPS) is 15.4. The van der Waals surface area contributed by atoms with Crippen molar-refractivity contribution in [1.82, 2.24) is 0 Å². The minimum atomic E-state index is -4.57.